The van der Waals surface area contributed by atoms with Crippen LogP contribution in [0.25, 0.3) is 17.0 Å². The van der Waals surface area contributed by atoms with Crippen LogP contribution in [-0.4, -0.2) is 39.3 Å². The Morgan fingerprint density at radius 1 is 1.00 bits per heavy atom. The predicted molar refractivity (Wildman–Crippen MR) is 149 cm³/mol. The summed E-state index contributed by atoms with van der Waals surface area (Å²) >= 11 is 6.89. The lowest BCUT2D eigenvalue weighted by molar-refractivity contribution is -0.122. The summed E-state index contributed by atoms with van der Waals surface area (Å²) in [6.07, 6.45) is 10.9. The number of fused-ring (bicyclic) bond motifs is 1. The smallest absolute Gasteiger partial charge is 0.266 e. The number of benzene rings is 1. The Bertz CT molecular complexity index is 1150. The van der Waals surface area contributed by atoms with Crippen LogP contribution in [-0.2, 0) is 11.3 Å². The van der Waals surface area contributed by atoms with Gasteiger partial charge in [-0.3, -0.25) is 14.5 Å². The third-order valence-corrected chi connectivity index (χ3v) is 8.18. The second kappa shape index (κ2) is 11.5. The van der Waals surface area contributed by atoms with Gasteiger partial charge in [0.2, 0.25) is 0 Å². The normalized spacial score (nSPS) is 18.4. The average molecular weight is 498 g/mol. The standard InChI is InChI=1S/C27H35N3O2S2/c1-3-5-6-13-18-30-26(32)23(34-27(30)33)19-21-24(28-16-11-7-8-12-17-28)20-14-9-10-15-22(20)29(4-2)25(21)31/h9-10,14-15,19H,3-8,11-13,16-18H2,1-2H3. The number of unbranched alkanes of at least 4 members (excludes halogenated alkanes) is 3. The summed E-state index contributed by atoms with van der Waals surface area (Å²) in [5.41, 5.74) is 2.51. The van der Waals surface area contributed by atoms with Crippen LogP contribution in [0, 0.1) is 0 Å². The molecule has 0 bridgehead atoms. The molecule has 2 fully saturated rings. The van der Waals surface area contributed by atoms with E-state index in [4.69, 9.17) is 12.2 Å². The van der Waals surface area contributed by atoms with Crippen molar-refractivity contribution in [3.63, 3.8) is 0 Å². The molecule has 2 saturated heterocycles. The van der Waals surface area contributed by atoms with E-state index in [0.717, 1.165) is 68.2 Å². The number of hydrogen-bond acceptors (Lipinski definition) is 5. The maximum atomic E-state index is 13.8. The van der Waals surface area contributed by atoms with E-state index in [2.05, 4.69) is 17.9 Å². The maximum absolute atomic E-state index is 13.8. The van der Waals surface area contributed by atoms with Crippen molar-refractivity contribution in [1.29, 1.82) is 0 Å². The molecule has 5 nitrogen and oxygen atoms in total. The highest BCUT2D eigenvalue weighted by Gasteiger charge is 2.32. The van der Waals surface area contributed by atoms with Crippen LogP contribution in [0.4, 0.5) is 5.69 Å². The van der Waals surface area contributed by atoms with Crippen molar-refractivity contribution in [1.82, 2.24) is 9.47 Å². The summed E-state index contributed by atoms with van der Waals surface area (Å²) in [6.45, 7) is 7.27. The van der Waals surface area contributed by atoms with Gasteiger partial charge in [0.25, 0.3) is 11.5 Å². The summed E-state index contributed by atoms with van der Waals surface area (Å²) < 4.78 is 2.43. The molecule has 0 aliphatic carbocycles. The number of aryl methyl sites for hydroxylation is 1. The van der Waals surface area contributed by atoms with Gasteiger partial charge in [0, 0.05) is 31.6 Å². The van der Waals surface area contributed by atoms with Gasteiger partial charge in [-0.1, -0.05) is 81.2 Å². The van der Waals surface area contributed by atoms with Crippen LogP contribution < -0.4 is 10.5 Å². The first-order valence-corrected chi connectivity index (χ1v) is 13.9. The number of nitrogens with zero attached hydrogens (tertiary/aromatic N) is 3. The van der Waals surface area contributed by atoms with E-state index in [0.29, 0.717) is 27.9 Å². The van der Waals surface area contributed by atoms with Crippen LogP contribution >= 0.6 is 24.0 Å². The van der Waals surface area contributed by atoms with Gasteiger partial charge in [-0.15, -0.1) is 0 Å². The third kappa shape index (κ3) is 5.10. The van der Waals surface area contributed by atoms with Crippen molar-refractivity contribution in [3.05, 3.63) is 45.1 Å². The van der Waals surface area contributed by atoms with E-state index < -0.39 is 0 Å². The minimum absolute atomic E-state index is 0.0336. The van der Waals surface area contributed by atoms with Gasteiger partial charge in [0.15, 0.2) is 0 Å². The molecule has 2 aromatic rings. The second-order valence-corrected chi connectivity index (χ2v) is 10.8. The fourth-order valence-electron chi connectivity index (χ4n) is 5.01. The summed E-state index contributed by atoms with van der Waals surface area (Å²) in [5, 5.41) is 1.08. The predicted octanol–water partition coefficient (Wildman–Crippen LogP) is 6.18. The average Bonchev–Trinajstić information content (AvgIpc) is 3.01. The zero-order valence-electron chi connectivity index (χ0n) is 20.3. The molecular weight excluding hydrogens is 462 g/mol. The SMILES string of the molecule is CCCCCCN1C(=O)C(=Cc2c(N3CCCCCC3)c3ccccc3n(CC)c2=O)SC1=S. The van der Waals surface area contributed by atoms with Crippen LogP contribution in [0.3, 0.4) is 0 Å². The first kappa shape index (κ1) is 25.0. The zero-order chi connectivity index (χ0) is 24.1. The number of aromatic nitrogens is 1. The molecule has 34 heavy (non-hydrogen) atoms. The Balaban J connectivity index is 1.80. The summed E-state index contributed by atoms with van der Waals surface area (Å²) in [4.78, 5) is 31.7. The number of para-hydroxylation sites is 1. The number of rotatable bonds is 8. The summed E-state index contributed by atoms with van der Waals surface area (Å²) in [6, 6.07) is 8.16. The third-order valence-electron chi connectivity index (χ3n) is 6.80. The summed E-state index contributed by atoms with van der Waals surface area (Å²) in [5.74, 6) is -0.0658. The van der Waals surface area contributed by atoms with E-state index in [-0.39, 0.29) is 11.5 Å². The van der Waals surface area contributed by atoms with Crippen LogP contribution in [0.2, 0.25) is 0 Å². The minimum Gasteiger partial charge on any atom is -0.370 e. The van der Waals surface area contributed by atoms with Crippen molar-refractivity contribution < 1.29 is 4.79 Å². The number of anilines is 1. The molecule has 2 aliphatic heterocycles. The molecule has 0 radical (unpaired) electrons. The number of hydrogen-bond donors (Lipinski definition) is 0. The molecule has 1 aromatic carbocycles. The van der Waals surface area contributed by atoms with E-state index >= 15 is 0 Å². The maximum Gasteiger partial charge on any atom is 0.266 e. The van der Waals surface area contributed by atoms with E-state index in [1.807, 2.05) is 35.8 Å². The Morgan fingerprint density at radius 3 is 2.44 bits per heavy atom. The highest BCUT2D eigenvalue weighted by atomic mass is 32.2. The van der Waals surface area contributed by atoms with Crippen LogP contribution in [0.1, 0.15) is 70.8 Å². The Kier molecular flexibility index (Phi) is 8.48. The first-order valence-electron chi connectivity index (χ1n) is 12.7. The molecule has 4 rings (SSSR count). The van der Waals surface area contributed by atoms with Crippen LogP contribution in [0.5, 0.6) is 0 Å². The van der Waals surface area contributed by atoms with Gasteiger partial charge < -0.3 is 9.47 Å². The lowest BCUT2D eigenvalue weighted by Crippen LogP contribution is -2.31. The molecule has 1 amide bonds. The van der Waals surface area contributed by atoms with E-state index in [9.17, 15) is 9.59 Å². The van der Waals surface area contributed by atoms with Crippen molar-refractivity contribution >= 4 is 56.9 Å². The molecule has 0 atom stereocenters. The number of thioether (sulfide) groups is 1. The highest BCUT2D eigenvalue weighted by molar-refractivity contribution is 8.26. The quantitative estimate of drug-likeness (QED) is 0.247. The molecule has 182 valence electrons. The first-order chi connectivity index (χ1) is 16.6. The monoisotopic (exact) mass is 497 g/mol. The van der Waals surface area contributed by atoms with Gasteiger partial charge in [-0.2, -0.15) is 0 Å². The van der Waals surface area contributed by atoms with Crippen molar-refractivity contribution in [2.24, 2.45) is 0 Å². The molecule has 0 unspecified atom stereocenters. The highest BCUT2D eigenvalue weighted by Crippen LogP contribution is 2.37. The van der Waals surface area contributed by atoms with Gasteiger partial charge >= 0.3 is 0 Å². The van der Waals surface area contributed by atoms with E-state index in [1.54, 1.807) is 4.90 Å². The zero-order valence-corrected chi connectivity index (χ0v) is 22.0. The lowest BCUT2D eigenvalue weighted by Gasteiger charge is -2.27. The summed E-state index contributed by atoms with van der Waals surface area (Å²) in [7, 11) is 0. The molecular formula is C27H35N3O2S2. The number of amides is 1. The molecule has 2 aliphatic rings. The number of pyridine rings is 1. The largest absolute Gasteiger partial charge is 0.370 e. The molecule has 7 heteroatoms. The molecule has 1 aromatic heterocycles. The number of carbonyl (C=O) groups is 1. The Labute approximate surface area is 212 Å². The van der Waals surface area contributed by atoms with Gasteiger partial charge in [0.05, 0.1) is 21.7 Å². The lowest BCUT2D eigenvalue weighted by atomic mass is 10.1. The fraction of sp³-hybridized carbons (Fsp3) is 0.519. The van der Waals surface area contributed by atoms with Gasteiger partial charge in [-0.05, 0) is 38.3 Å². The van der Waals surface area contributed by atoms with E-state index in [1.165, 1.54) is 24.6 Å². The fourth-order valence-corrected chi connectivity index (χ4v) is 6.30. The van der Waals surface area contributed by atoms with Crippen molar-refractivity contribution in [3.8, 4) is 0 Å². The molecule has 0 spiro atoms. The van der Waals surface area contributed by atoms with Crippen molar-refractivity contribution in [2.45, 2.75) is 71.8 Å². The van der Waals surface area contributed by atoms with Gasteiger partial charge in [0.1, 0.15) is 4.32 Å². The van der Waals surface area contributed by atoms with Gasteiger partial charge in [-0.25, -0.2) is 0 Å². The molecule has 0 saturated carbocycles. The second-order valence-electron chi connectivity index (χ2n) is 9.12. The Hall–Kier alpha value is -2.12. The van der Waals surface area contributed by atoms with Crippen LogP contribution in [0.15, 0.2) is 34.0 Å². The molecule has 3 heterocycles. The topological polar surface area (TPSA) is 45.6 Å². The minimum atomic E-state index is -0.0658. The Morgan fingerprint density at radius 2 is 1.74 bits per heavy atom. The number of thiocarbonyl (C=S) groups is 1. The van der Waals surface area contributed by atoms with Crippen molar-refractivity contribution in [2.75, 3.05) is 24.5 Å². The number of carbonyl (C=O) groups excluding carboxylic acids is 1. The molecule has 0 N–H and O–H groups in total.